The smallest absolute Gasteiger partial charge is 0.408 e. The van der Waals surface area contributed by atoms with Crippen LogP contribution in [-0.4, -0.2) is 63.4 Å². The number of benzene rings is 1. The van der Waals surface area contributed by atoms with E-state index in [4.69, 9.17) is 4.74 Å². The van der Waals surface area contributed by atoms with E-state index in [1.54, 1.807) is 39.8 Å². The summed E-state index contributed by atoms with van der Waals surface area (Å²) in [4.78, 5) is 39.7. The molecule has 0 aliphatic heterocycles. The van der Waals surface area contributed by atoms with Crippen LogP contribution in [0.4, 0.5) is 4.79 Å². The fraction of sp³-hybridized carbons (Fsp3) is 0.591. The molecule has 0 heterocycles. The maximum absolute atomic E-state index is 13.2. The zero-order chi connectivity index (χ0) is 24.0. The molecular formula is C22H35N3O6. The molecule has 0 radical (unpaired) electrons. The number of nitrogens with zero attached hydrogens (tertiary/aromatic N) is 1. The molecule has 0 saturated heterocycles. The van der Waals surface area contributed by atoms with Crippen molar-refractivity contribution in [1.82, 2.24) is 15.5 Å². The molecule has 0 saturated carbocycles. The lowest BCUT2D eigenvalue weighted by Gasteiger charge is -2.35. The third-order valence-electron chi connectivity index (χ3n) is 4.06. The lowest BCUT2D eigenvalue weighted by Crippen LogP contribution is -2.55. The zero-order valence-corrected chi connectivity index (χ0v) is 19.4. The second-order valence-electron chi connectivity index (χ2n) is 9.24. The van der Waals surface area contributed by atoms with Crippen LogP contribution in [0, 0.1) is 0 Å². The van der Waals surface area contributed by atoms with Gasteiger partial charge in [-0.25, -0.2) is 4.79 Å². The molecule has 1 aromatic rings. The molecule has 0 fully saturated rings. The van der Waals surface area contributed by atoms with E-state index in [0.717, 1.165) is 0 Å². The van der Waals surface area contributed by atoms with Crippen LogP contribution in [0.5, 0.6) is 5.75 Å². The summed E-state index contributed by atoms with van der Waals surface area (Å²) in [5.41, 5.74) is -0.859. The number of ether oxygens (including phenoxy) is 1. The van der Waals surface area contributed by atoms with E-state index in [-0.39, 0.29) is 12.3 Å². The predicted octanol–water partition coefficient (Wildman–Crippen LogP) is 2.08. The molecule has 0 bridgehead atoms. The van der Waals surface area contributed by atoms with Crippen molar-refractivity contribution < 1.29 is 29.3 Å². The second kappa shape index (κ2) is 10.5. The van der Waals surface area contributed by atoms with E-state index in [1.165, 1.54) is 17.0 Å². The number of aliphatic hydroxyl groups is 1. The van der Waals surface area contributed by atoms with Crippen molar-refractivity contribution in [1.29, 1.82) is 0 Å². The molecule has 1 aromatic carbocycles. The number of phenols is 1. The van der Waals surface area contributed by atoms with Gasteiger partial charge in [0.2, 0.25) is 11.8 Å². The number of alkyl carbamates (subject to hydrolysis) is 1. The number of amides is 3. The topological polar surface area (TPSA) is 128 Å². The molecular weight excluding hydrogens is 402 g/mol. The third-order valence-corrected chi connectivity index (χ3v) is 4.06. The minimum absolute atomic E-state index is 0.0212. The lowest BCUT2D eigenvalue weighted by atomic mass is 10.0. The number of hydrogen-bond donors (Lipinski definition) is 4. The summed E-state index contributed by atoms with van der Waals surface area (Å²) in [6, 6.07) is 3.62. The van der Waals surface area contributed by atoms with Crippen LogP contribution in [0.3, 0.4) is 0 Å². The van der Waals surface area contributed by atoms with Gasteiger partial charge in [0.05, 0.1) is 6.61 Å². The van der Waals surface area contributed by atoms with Crippen LogP contribution in [0.15, 0.2) is 24.3 Å². The van der Waals surface area contributed by atoms with Gasteiger partial charge in [-0.1, -0.05) is 12.1 Å². The van der Waals surface area contributed by atoms with E-state index in [0.29, 0.717) is 5.56 Å². The molecule has 174 valence electrons. The Morgan fingerprint density at radius 1 is 1.06 bits per heavy atom. The van der Waals surface area contributed by atoms with Gasteiger partial charge in [-0.15, -0.1) is 0 Å². The first-order valence-electron chi connectivity index (χ1n) is 10.2. The average molecular weight is 438 g/mol. The number of carbonyl (C=O) groups excluding carboxylic acids is 3. The minimum atomic E-state index is -1.29. The Kier molecular flexibility index (Phi) is 8.86. The Labute approximate surface area is 183 Å². The normalized spacial score (nSPS) is 13.7. The lowest BCUT2D eigenvalue weighted by molar-refractivity contribution is -0.143. The van der Waals surface area contributed by atoms with Crippen LogP contribution in [0.1, 0.15) is 60.1 Å². The first-order valence-corrected chi connectivity index (χ1v) is 10.2. The van der Waals surface area contributed by atoms with Gasteiger partial charge in [0, 0.05) is 12.1 Å². The predicted molar refractivity (Wildman–Crippen MR) is 116 cm³/mol. The molecule has 2 unspecified atom stereocenters. The summed E-state index contributed by atoms with van der Waals surface area (Å²) in [7, 11) is 0. The summed E-state index contributed by atoms with van der Waals surface area (Å²) < 4.78 is 5.17. The van der Waals surface area contributed by atoms with Crippen molar-refractivity contribution >= 4 is 17.9 Å². The quantitative estimate of drug-likeness (QED) is 0.517. The number of aliphatic hydroxyl groups excluding tert-OH is 1. The van der Waals surface area contributed by atoms with Gasteiger partial charge in [0.15, 0.2) is 0 Å². The van der Waals surface area contributed by atoms with E-state index < -0.39 is 47.7 Å². The van der Waals surface area contributed by atoms with Crippen molar-refractivity contribution in [3.63, 3.8) is 0 Å². The van der Waals surface area contributed by atoms with Gasteiger partial charge in [-0.3, -0.25) is 9.59 Å². The molecule has 31 heavy (non-hydrogen) atoms. The monoisotopic (exact) mass is 437 g/mol. The Bertz CT molecular complexity index is 765. The number of rotatable bonds is 7. The molecule has 3 amide bonds. The molecule has 4 N–H and O–H groups in total. The SMILES string of the molecule is CCN(C(=O)C(CO)NC(=O)OC(C)(C)C)C(C(=O)NC(C)(C)C)c1ccc(O)cc1. The number of phenolic OH excluding ortho intramolecular Hbond substituents is 1. The van der Waals surface area contributed by atoms with Gasteiger partial charge < -0.3 is 30.5 Å². The van der Waals surface area contributed by atoms with E-state index in [1.807, 2.05) is 20.8 Å². The number of hydrogen-bond acceptors (Lipinski definition) is 6. The van der Waals surface area contributed by atoms with Crippen molar-refractivity contribution in [2.24, 2.45) is 0 Å². The molecule has 0 spiro atoms. The molecule has 2 atom stereocenters. The average Bonchev–Trinajstić information content (AvgIpc) is 2.61. The largest absolute Gasteiger partial charge is 0.508 e. The Morgan fingerprint density at radius 2 is 1.61 bits per heavy atom. The third kappa shape index (κ3) is 8.45. The fourth-order valence-electron chi connectivity index (χ4n) is 2.87. The summed E-state index contributed by atoms with van der Waals surface area (Å²) in [6.45, 7) is 11.6. The highest BCUT2D eigenvalue weighted by Gasteiger charge is 2.36. The summed E-state index contributed by atoms with van der Waals surface area (Å²) in [6.07, 6.45) is -0.851. The van der Waals surface area contributed by atoms with Crippen LogP contribution >= 0.6 is 0 Å². The van der Waals surface area contributed by atoms with Crippen LogP contribution in [-0.2, 0) is 14.3 Å². The molecule has 0 aromatic heterocycles. The summed E-state index contributed by atoms with van der Waals surface area (Å²) in [5, 5.41) is 24.6. The molecule has 0 aliphatic carbocycles. The number of likely N-dealkylation sites (N-methyl/N-ethyl adjacent to an activating group) is 1. The van der Waals surface area contributed by atoms with Gasteiger partial charge in [-0.2, -0.15) is 0 Å². The van der Waals surface area contributed by atoms with Gasteiger partial charge in [0.25, 0.3) is 0 Å². The van der Waals surface area contributed by atoms with Gasteiger partial charge >= 0.3 is 6.09 Å². The van der Waals surface area contributed by atoms with Crippen molar-refractivity contribution in [2.75, 3.05) is 13.2 Å². The number of aromatic hydroxyl groups is 1. The Morgan fingerprint density at radius 3 is 2.03 bits per heavy atom. The van der Waals surface area contributed by atoms with Gasteiger partial charge in [-0.05, 0) is 66.2 Å². The fourth-order valence-corrected chi connectivity index (χ4v) is 2.87. The standard InChI is InChI=1S/C22H35N3O6/c1-8-25(19(29)16(13-26)23-20(30)31-22(5,6)7)17(18(28)24-21(2,3)4)14-9-11-15(27)12-10-14/h9-12,16-17,26-27H,8,13H2,1-7H3,(H,23,30)(H,24,28). The van der Waals surface area contributed by atoms with Crippen LogP contribution in [0.25, 0.3) is 0 Å². The first-order chi connectivity index (χ1) is 14.2. The summed E-state index contributed by atoms with van der Waals surface area (Å²) in [5.74, 6) is -1.05. The number of nitrogens with one attached hydrogen (secondary N) is 2. The van der Waals surface area contributed by atoms with E-state index >= 15 is 0 Å². The maximum atomic E-state index is 13.2. The molecule has 1 rings (SSSR count). The van der Waals surface area contributed by atoms with Crippen molar-refractivity contribution in [3.8, 4) is 5.75 Å². The van der Waals surface area contributed by atoms with Gasteiger partial charge in [0.1, 0.15) is 23.4 Å². The Balaban J connectivity index is 3.25. The molecule has 9 nitrogen and oxygen atoms in total. The van der Waals surface area contributed by atoms with Crippen LogP contribution < -0.4 is 10.6 Å². The van der Waals surface area contributed by atoms with E-state index in [2.05, 4.69) is 10.6 Å². The van der Waals surface area contributed by atoms with E-state index in [9.17, 15) is 24.6 Å². The number of carbonyl (C=O) groups is 3. The Hall–Kier alpha value is -2.81. The van der Waals surface area contributed by atoms with Crippen molar-refractivity contribution in [2.45, 2.75) is 71.7 Å². The first kappa shape index (κ1) is 26.2. The highest BCUT2D eigenvalue weighted by atomic mass is 16.6. The molecule has 9 heteroatoms. The highest BCUT2D eigenvalue weighted by molar-refractivity contribution is 5.92. The van der Waals surface area contributed by atoms with Crippen LogP contribution in [0.2, 0.25) is 0 Å². The summed E-state index contributed by atoms with van der Waals surface area (Å²) >= 11 is 0. The second-order valence-corrected chi connectivity index (χ2v) is 9.24. The minimum Gasteiger partial charge on any atom is -0.508 e. The maximum Gasteiger partial charge on any atom is 0.408 e. The van der Waals surface area contributed by atoms with Crippen molar-refractivity contribution in [3.05, 3.63) is 29.8 Å². The highest BCUT2D eigenvalue weighted by Crippen LogP contribution is 2.25. The molecule has 0 aliphatic rings. The zero-order valence-electron chi connectivity index (χ0n) is 19.4.